The zero-order chi connectivity index (χ0) is 16.4. The Balaban J connectivity index is 3.27. The summed E-state index contributed by atoms with van der Waals surface area (Å²) >= 11 is 0. The Morgan fingerprint density at radius 2 is 1.18 bits per heavy atom. The first-order valence-corrected chi connectivity index (χ1v) is 9.54. The number of aryl methyl sites for hydroxylation is 1. The fourth-order valence-corrected chi connectivity index (χ4v) is 3.31. The van der Waals surface area contributed by atoms with Crippen LogP contribution in [-0.2, 0) is 25.7 Å². The average molecular weight is 305 g/mol. The molecule has 1 aromatic rings. The van der Waals surface area contributed by atoms with Crippen LogP contribution in [0.15, 0.2) is 6.07 Å². The maximum atomic E-state index is 10.6. The van der Waals surface area contributed by atoms with Crippen molar-refractivity contribution in [3.8, 4) is 5.75 Å². The van der Waals surface area contributed by atoms with Gasteiger partial charge in [0.05, 0.1) is 0 Å². The number of unbranched alkanes of at least 4 members (excludes halogenated alkanes) is 3. The van der Waals surface area contributed by atoms with E-state index in [9.17, 15) is 5.11 Å². The van der Waals surface area contributed by atoms with Gasteiger partial charge >= 0.3 is 0 Å². The SMILES string of the molecule is CCCCc1cc(O)c(CCC)c(CCCC)c1CCCC. The molecule has 0 bridgehead atoms. The molecular formula is C21H36O. The minimum Gasteiger partial charge on any atom is -0.508 e. The Labute approximate surface area is 138 Å². The molecule has 1 aromatic carbocycles. The van der Waals surface area contributed by atoms with Crippen LogP contribution in [0, 0.1) is 0 Å². The molecule has 1 rings (SSSR count). The van der Waals surface area contributed by atoms with Gasteiger partial charge in [0, 0.05) is 0 Å². The van der Waals surface area contributed by atoms with Crippen LogP contribution in [0.5, 0.6) is 5.75 Å². The number of rotatable bonds is 11. The Morgan fingerprint density at radius 3 is 1.73 bits per heavy atom. The molecule has 1 nitrogen and oxygen atoms in total. The first kappa shape index (κ1) is 19.1. The van der Waals surface area contributed by atoms with Crippen molar-refractivity contribution in [2.75, 3.05) is 0 Å². The Hall–Kier alpha value is -0.980. The third-order valence-corrected chi connectivity index (χ3v) is 4.60. The molecule has 0 aliphatic rings. The highest BCUT2D eigenvalue weighted by Gasteiger charge is 2.16. The summed E-state index contributed by atoms with van der Waals surface area (Å²) in [6.07, 6.45) is 12.9. The lowest BCUT2D eigenvalue weighted by Gasteiger charge is -2.20. The topological polar surface area (TPSA) is 20.2 Å². The summed E-state index contributed by atoms with van der Waals surface area (Å²) in [5.74, 6) is 0.555. The molecular weight excluding hydrogens is 268 g/mol. The molecule has 0 fully saturated rings. The van der Waals surface area contributed by atoms with Gasteiger partial charge in [-0.15, -0.1) is 0 Å². The zero-order valence-electron chi connectivity index (χ0n) is 15.3. The van der Waals surface area contributed by atoms with Crippen molar-refractivity contribution >= 4 is 0 Å². The molecule has 0 aliphatic heterocycles. The van der Waals surface area contributed by atoms with Gasteiger partial charge in [-0.3, -0.25) is 0 Å². The van der Waals surface area contributed by atoms with Crippen molar-refractivity contribution in [3.05, 3.63) is 28.3 Å². The van der Waals surface area contributed by atoms with Crippen LogP contribution < -0.4 is 0 Å². The molecule has 0 spiro atoms. The molecule has 1 N–H and O–H groups in total. The van der Waals surface area contributed by atoms with Gasteiger partial charge in [0.1, 0.15) is 5.75 Å². The Bertz CT molecular complexity index is 434. The van der Waals surface area contributed by atoms with Gasteiger partial charge in [-0.25, -0.2) is 0 Å². The molecule has 0 aromatic heterocycles. The van der Waals surface area contributed by atoms with E-state index in [0.29, 0.717) is 5.75 Å². The van der Waals surface area contributed by atoms with Gasteiger partial charge in [0.25, 0.3) is 0 Å². The third-order valence-electron chi connectivity index (χ3n) is 4.60. The highest BCUT2D eigenvalue weighted by Crippen LogP contribution is 2.32. The average Bonchev–Trinajstić information content (AvgIpc) is 2.52. The molecule has 0 saturated carbocycles. The van der Waals surface area contributed by atoms with Crippen molar-refractivity contribution in [3.63, 3.8) is 0 Å². The number of phenols is 1. The summed E-state index contributed by atoms with van der Waals surface area (Å²) < 4.78 is 0. The standard InChI is InChI=1S/C21H36O/c1-5-9-13-17-16-21(22)20(12-8-4)19(15-11-7-3)18(17)14-10-6-2/h16,22H,5-15H2,1-4H3. The van der Waals surface area contributed by atoms with E-state index in [1.54, 1.807) is 5.56 Å². The van der Waals surface area contributed by atoms with Crippen molar-refractivity contribution in [1.82, 2.24) is 0 Å². The summed E-state index contributed by atoms with van der Waals surface area (Å²) in [6, 6.07) is 2.08. The maximum Gasteiger partial charge on any atom is 0.119 e. The number of benzene rings is 1. The zero-order valence-corrected chi connectivity index (χ0v) is 15.3. The van der Waals surface area contributed by atoms with Gasteiger partial charge in [-0.2, -0.15) is 0 Å². The monoisotopic (exact) mass is 304 g/mol. The fraction of sp³-hybridized carbons (Fsp3) is 0.714. The quantitative estimate of drug-likeness (QED) is 0.503. The van der Waals surface area contributed by atoms with Crippen molar-refractivity contribution < 1.29 is 5.11 Å². The third kappa shape index (κ3) is 5.34. The van der Waals surface area contributed by atoms with Gasteiger partial charge in [-0.1, -0.05) is 53.4 Å². The minimum atomic E-state index is 0.555. The van der Waals surface area contributed by atoms with E-state index in [0.717, 1.165) is 25.7 Å². The Kier molecular flexibility index (Phi) is 9.27. The summed E-state index contributed by atoms with van der Waals surface area (Å²) in [4.78, 5) is 0. The first-order valence-electron chi connectivity index (χ1n) is 9.54. The number of aromatic hydroxyl groups is 1. The second-order valence-electron chi connectivity index (χ2n) is 6.55. The molecule has 0 aliphatic carbocycles. The van der Waals surface area contributed by atoms with Crippen molar-refractivity contribution in [2.24, 2.45) is 0 Å². The van der Waals surface area contributed by atoms with E-state index < -0.39 is 0 Å². The number of phenolic OH excluding ortho intramolecular Hbond substituents is 1. The molecule has 0 radical (unpaired) electrons. The lowest BCUT2D eigenvalue weighted by molar-refractivity contribution is 0.464. The summed E-state index contributed by atoms with van der Waals surface area (Å²) in [5.41, 5.74) is 5.72. The predicted octanol–water partition coefficient (Wildman–Crippen LogP) is 6.37. The van der Waals surface area contributed by atoms with Gasteiger partial charge in [-0.05, 0) is 73.3 Å². The van der Waals surface area contributed by atoms with E-state index in [2.05, 4.69) is 33.8 Å². The van der Waals surface area contributed by atoms with E-state index in [-0.39, 0.29) is 0 Å². The normalized spacial score (nSPS) is 11.1. The van der Waals surface area contributed by atoms with Crippen LogP contribution >= 0.6 is 0 Å². The maximum absolute atomic E-state index is 10.6. The second-order valence-corrected chi connectivity index (χ2v) is 6.55. The van der Waals surface area contributed by atoms with Crippen LogP contribution in [0.1, 0.15) is 94.9 Å². The predicted molar refractivity (Wildman–Crippen MR) is 97.9 cm³/mol. The van der Waals surface area contributed by atoms with E-state index >= 15 is 0 Å². The fourth-order valence-electron chi connectivity index (χ4n) is 3.31. The van der Waals surface area contributed by atoms with Crippen LogP contribution in [0.2, 0.25) is 0 Å². The largest absolute Gasteiger partial charge is 0.508 e. The number of hydrogen-bond donors (Lipinski definition) is 1. The van der Waals surface area contributed by atoms with Gasteiger partial charge in [0.15, 0.2) is 0 Å². The lowest BCUT2D eigenvalue weighted by Crippen LogP contribution is -2.06. The van der Waals surface area contributed by atoms with Gasteiger partial charge < -0.3 is 5.11 Å². The summed E-state index contributed by atoms with van der Waals surface area (Å²) in [5, 5.41) is 10.6. The van der Waals surface area contributed by atoms with E-state index in [4.69, 9.17) is 0 Å². The van der Waals surface area contributed by atoms with E-state index in [1.807, 2.05) is 0 Å². The minimum absolute atomic E-state index is 0.555. The molecule has 126 valence electrons. The lowest BCUT2D eigenvalue weighted by atomic mass is 9.86. The molecule has 22 heavy (non-hydrogen) atoms. The molecule has 0 atom stereocenters. The van der Waals surface area contributed by atoms with Crippen molar-refractivity contribution in [1.29, 1.82) is 0 Å². The van der Waals surface area contributed by atoms with Crippen LogP contribution in [-0.4, -0.2) is 5.11 Å². The first-order chi connectivity index (χ1) is 10.7. The second kappa shape index (κ2) is 10.7. The summed E-state index contributed by atoms with van der Waals surface area (Å²) in [7, 11) is 0. The van der Waals surface area contributed by atoms with Crippen LogP contribution in [0.4, 0.5) is 0 Å². The van der Waals surface area contributed by atoms with Crippen LogP contribution in [0.3, 0.4) is 0 Å². The van der Waals surface area contributed by atoms with Crippen LogP contribution in [0.25, 0.3) is 0 Å². The highest BCUT2D eigenvalue weighted by molar-refractivity contribution is 5.49. The molecule has 0 unspecified atom stereocenters. The van der Waals surface area contributed by atoms with E-state index in [1.165, 1.54) is 61.6 Å². The smallest absolute Gasteiger partial charge is 0.119 e. The molecule has 0 heterocycles. The van der Waals surface area contributed by atoms with Crippen molar-refractivity contribution in [2.45, 2.75) is 98.3 Å². The summed E-state index contributed by atoms with van der Waals surface area (Å²) in [6.45, 7) is 8.98. The molecule has 1 heteroatoms. The molecule has 0 saturated heterocycles. The Morgan fingerprint density at radius 1 is 0.636 bits per heavy atom. The molecule has 0 amide bonds. The highest BCUT2D eigenvalue weighted by atomic mass is 16.3. The van der Waals surface area contributed by atoms with Gasteiger partial charge in [0.2, 0.25) is 0 Å². The number of hydrogen-bond acceptors (Lipinski definition) is 1.